The van der Waals surface area contributed by atoms with Crippen LogP contribution in [0.4, 0.5) is 5.82 Å². The number of aromatic nitrogens is 2. The molecule has 0 fully saturated rings. The highest BCUT2D eigenvalue weighted by molar-refractivity contribution is 7.99. The second-order valence-corrected chi connectivity index (χ2v) is 5.97. The van der Waals surface area contributed by atoms with Crippen LogP contribution < -0.4 is 11.3 Å². The summed E-state index contributed by atoms with van der Waals surface area (Å²) in [6.07, 6.45) is 0.728. The van der Waals surface area contributed by atoms with E-state index >= 15 is 0 Å². The van der Waals surface area contributed by atoms with E-state index in [2.05, 4.69) is 15.4 Å². The Morgan fingerprint density at radius 2 is 2.05 bits per heavy atom. The summed E-state index contributed by atoms with van der Waals surface area (Å²) < 4.78 is 0. The van der Waals surface area contributed by atoms with E-state index in [0.717, 1.165) is 27.7 Å². The number of halogens is 2. The van der Waals surface area contributed by atoms with Crippen LogP contribution in [0.25, 0.3) is 0 Å². The molecule has 2 rings (SSSR count). The largest absolute Gasteiger partial charge is 0.308 e. The molecule has 106 valence electrons. The van der Waals surface area contributed by atoms with Gasteiger partial charge < -0.3 is 5.43 Å². The number of nitrogens with two attached hydrogens (primary N) is 1. The molecule has 7 heteroatoms. The van der Waals surface area contributed by atoms with Crippen LogP contribution in [0.5, 0.6) is 0 Å². The number of hydrazine groups is 1. The topological polar surface area (TPSA) is 63.8 Å². The Morgan fingerprint density at radius 1 is 1.30 bits per heavy atom. The minimum atomic E-state index is 0.623. The number of hydrogen-bond donors (Lipinski definition) is 2. The molecule has 0 amide bonds. The van der Waals surface area contributed by atoms with Crippen LogP contribution in [0.3, 0.4) is 0 Å². The van der Waals surface area contributed by atoms with E-state index < -0.39 is 0 Å². The molecule has 20 heavy (non-hydrogen) atoms. The highest BCUT2D eigenvalue weighted by Crippen LogP contribution is 2.36. The molecule has 0 aliphatic rings. The molecule has 0 radical (unpaired) electrons. The van der Waals surface area contributed by atoms with Crippen LogP contribution in [-0.2, 0) is 6.42 Å². The van der Waals surface area contributed by atoms with Gasteiger partial charge >= 0.3 is 0 Å². The molecule has 0 unspecified atom stereocenters. The molecule has 1 aromatic heterocycles. The molecule has 0 bridgehead atoms. The normalized spacial score (nSPS) is 10.7. The third kappa shape index (κ3) is 3.35. The Labute approximate surface area is 132 Å². The van der Waals surface area contributed by atoms with Gasteiger partial charge in [-0.15, -0.1) is 0 Å². The molecule has 0 saturated carbocycles. The fraction of sp³-hybridized carbons (Fsp3) is 0.231. The third-order valence-corrected chi connectivity index (χ3v) is 4.53. The van der Waals surface area contributed by atoms with Gasteiger partial charge in [0.2, 0.25) is 0 Å². The summed E-state index contributed by atoms with van der Waals surface area (Å²) in [5.41, 5.74) is 3.48. The summed E-state index contributed by atoms with van der Waals surface area (Å²) in [7, 11) is 0. The maximum Gasteiger partial charge on any atom is 0.147 e. The lowest BCUT2D eigenvalue weighted by molar-refractivity contribution is 0.871. The number of rotatable bonds is 4. The van der Waals surface area contributed by atoms with Gasteiger partial charge in [0, 0.05) is 21.9 Å². The van der Waals surface area contributed by atoms with E-state index in [1.54, 1.807) is 12.1 Å². The van der Waals surface area contributed by atoms with Gasteiger partial charge in [-0.2, -0.15) is 0 Å². The van der Waals surface area contributed by atoms with Crippen LogP contribution >= 0.6 is 35.0 Å². The van der Waals surface area contributed by atoms with Crippen molar-refractivity contribution >= 4 is 40.8 Å². The maximum atomic E-state index is 6.18. The van der Waals surface area contributed by atoms with Crippen molar-refractivity contribution in [3.63, 3.8) is 0 Å². The van der Waals surface area contributed by atoms with Gasteiger partial charge in [0.05, 0.1) is 5.02 Å². The van der Waals surface area contributed by atoms with Crippen LogP contribution in [0.2, 0.25) is 10.0 Å². The summed E-state index contributed by atoms with van der Waals surface area (Å²) in [4.78, 5) is 9.70. The number of hydrogen-bond acceptors (Lipinski definition) is 5. The minimum Gasteiger partial charge on any atom is -0.308 e. The number of aryl methyl sites for hydroxylation is 1. The van der Waals surface area contributed by atoms with Crippen molar-refractivity contribution in [3.05, 3.63) is 39.6 Å². The number of benzene rings is 1. The number of anilines is 1. The standard InChI is InChI=1S/C13H14Cl2N4S/c1-3-11-17-12(19-16)7(2)13(18-11)20-10-6-8(14)4-5-9(10)15/h4-6H,3,16H2,1-2H3,(H,17,18,19). The second-order valence-electron chi connectivity index (χ2n) is 4.09. The highest BCUT2D eigenvalue weighted by Gasteiger charge is 2.13. The number of nitrogens with one attached hydrogen (secondary N) is 1. The average molecular weight is 329 g/mol. The van der Waals surface area contributed by atoms with Gasteiger partial charge in [-0.3, -0.25) is 0 Å². The monoisotopic (exact) mass is 328 g/mol. The van der Waals surface area contributed by atoms with Crippen molar-refractivity contribution in [1.29, 1.82) is 0 Å². The molecule has 0 aliphatic heterocycles. The van der Waals surface area contributed by atoms with Crippen molar-refractivity contribution < 1.29 is 0 Å². The lowest BCUT2D eigenvalue weighted by Crippen LogP contribution is -2.13. The predicted molar refractivity (Wildman–Crippen MR) is 84.5 cm³/mol. The molecule has 2 aromatic rings. The zero-order chi connectivity index (χ0) is 14.7. The lowest BCUT2D eigenvalue weighted by Gasteiger charge is -2.11. The van der Waals surface area contributed by atoms with E-state index in [1.807, 2.05) is 19.9 Å². The number of nitrogen functional groups attached to an aromatic ring is 1. The van der Waals surface area contributed by atoms with E-state index in [0.29, 0.717) is 15.9 Å². The predicted octanol–water partition coefficient (Wildman–Crippen LogP) is 4.09. The molecular formula is C13H14Cl2N4S. The third-order valence-electron chi connectivity index (χ3n) is 2.70. The van der Waals surface area contributed by atoms with Crippen molar-refractivity contribution in [2.75, 3.05) is 5.43 Å². The zero-order valence-electron chi connectivity index (χ0n) is 11.1. The highest BCUT2D eigenvalue weighted by atomic mass is 35.5. The van der Waals surface area contributed by atoms with Crippen LogP contribution in [0.15, 0.2) is 28.1 Å². The molecule has 3 N–H and O–H groups in total. The lowest BCUT2D eigenvalue weighted by atomic mass is 10.3. The maximum absolute atomic E-state index is 6.18. The summed E-state index contributed by atoms with van der Waals surface area (Å²) in [6.45, 7) is 3.90. The van der Waals surface area contributed by atoms with Crippen molar-refractivity contribution in [1.82, 2.24) is 9.97 Å². The smallest absolute Gasteiger partial charge is 0.147 e. The molecule has 1 aromatic carbocycles. The summed E-state index contributed by atoms with van der Waals surface area (Å²) >= 11 is 13.6. The summed E-state index contributed by atoms with van der Waals surface area (Å²) in [5.74, 6) is 6.84. The van der Waals surface area contributed by atoms with Gasteiger partial charge in [0.15, 0.2) is 0 Å². The molecule has 0 saturated heterocycles. The van der Waals surface area contributed by atoms with E-state index in [-0.39, 0.29) is 0 Å². The minimum absolute atomic E-state index is 0.623. The molecule has 0 spiro atoms. The van der Waals surface area contributed by atoms with E-state index in [4.69, 9.17) is 29.0 Å². The second kappa shape index (κ2) is 6.63. The van der Waals surface area contributed by atoms with Gasteiger partial charge in [-0.1, -0.05) is 41.9 Å². The van der Waals surface area contributed by atoms with Gasteiger partial charge in [0.1, 0.15) is 16.7 Å². The Kier molecular flexibility index (Phi) is 5.10. The van der Waals surface area contributed by atoms with E-state index in [9.17, 15) is 0 Å². The van der Waals surface area contributed by atoms with Crippen LogP contribution in [-0.4, -0.2) is 9.97 Å². The first-order valence-electron chi connectivity index (χ1n) is 6.02. The molecule has 0 atom stereocenters. The van der Waals surface area contributed by atoms with Crippen LogP contribution in [0, 0.1) is 6.92 Å². The Hall–Kier alpha value is -1.01. The zero-order valence-corrected chi connectivity index (χ0v) is 13.4. The fourth-order valence-corrected chi connectivity index (χ4v) is 3.03. The summed E-state index contributed by atoms with van der Waals surface area (Å²) in [6, 6.07) is 5.34. The Morgan fingerprint density at radius 3 is 2.70 bits per heavy atom. The Bertz CT molecular complexity index is 634. The van der Waals surface area contributed by atoms with Crippen molar-refractivity contribution in [2.24, 2.45) is 5.84 Å². The molecular weight excluding hydrogens is 315 g/mol. The van der Waals surface area contributed by atoms with E-state index in [1.165, 1.54) is 11.8 Å². The van der Waals surface area contributed by atoms with Crippen molar-refractivity contribution in [3.8, 4) is 0 Å². The molecule has 0 aliphatic carbocycles. The molecule has 1 heterocycles. The average Bonchev–Trinajstić information content (AvgIpc) is 2.45. The first kappa shape index (κ1) is 15.4. The molecule has 4 nitrogen and oxygen atoms in total. The Balaban J connectivity index is 2.44. The first-order chi connectivity index (χ1) is 9.55. The van der Waals surface area contributed by atoms with Crippen molar-refractivity contribution in [2.45, 2.75) is 30.2 Å². The SMILES string of the molecule is CCc1nc(NN)c(C)c(Sc2cc(Cl)ccc2Cl)n1. The van der Waals surface area contributed by atoms with Crippen LogP contribution in [0.1, 0.15) is 18.3 Å². The van der Waals surface area contributed by atoms with Gasteiger partial charge in [-0.05, 0) is 25.1 Å². The quantitative estimate of drug-likeness (QED) is 0.502. The fourth-order valence-electron chi connectivity index (χ4n) is 1.60. The van der Waals surface area contributed by atoms with Gasteiger partial charge in [0.25, 0.3) is 0 Å². The summed E-state index contributed by atoms with van der Waals surface area (Å²) in [5, 5.41) is 2.09. The number of nitrogens with zero attached hydrogens (tertiary/aromatic N) is 2. The van der Waals surface area contributed by atoms with Gasteiger partial charge in [-0.25, -0.2) is 15.8 Å². The first-order valence-corrected chi connectivity index (χ1v) is 7.59.